The Bertz CT molecular complexity index is 797. The number of hydrogen-bond donors (Lipinski definition) is 1. The molecule has 2 rings (SSSR count). The van der Waals surface area contributed by atoms with Crippen molar-refractivity contribution < 1.29 is 13.2 Å². The van der Waals surface area contributed by atoms with E-state index >= 15 is 0 Å². The van der Waals surface area contributed by atoms with Crippen LogP contribution in [0.3, 0.4) is 0 Å². The molecule has 0 fully saturated rings. The van der Waals surface area contributed by atoms with Crippen molar-refractivity contribution in [1.29, 1.82) is 0 Å². The summed E-state index contributed by atoms with van der Waals surface area (Å²) in [6, 6.07) is 9.90. The summed E-state index contributed by atoms with van der Waals surface area (Å²) in [5, 5.41) is 2.83. The maximum absolute atomic E-state index is 11.9. The molecule has 0 aliphatic heterocycles. The average Bonchev–Trinajstić information content (AvgIpc) is 2.53. The second-order valence-electron chi connectivity index (χ2n) is 5.19. The van der Waals surface area contributed by atoms with Crippen LogP contribution in [0, 0.1) is 0 Å². The molecule has 1 unspecified atom stereocenters. The lowest BCUT2D eigenvalue weighted by molar-refractivity contribution is -0.117. The molecule has 5 nitrogen and oxygen atoms in total. The van der Waals surface area contributed by atoms with E-state index in [1.54, 1.807) is 48.8 Å². The number of carbonyl (C=O) groups excluding carboxylic acids is 1. The SMILES string of the molecule is CC(NC(=O)/C=C/c1cccnc1)c1ccc(S(C)(=O)=O)cc1. The van der Waals surface area contributed by atoms with Gasteiger partial charge in [0, 0.05) is 24.7 Å². The molecule has 2 aromatic rings. The minimum absolute atomic E-state index is 0.227. The van der Waals surface area contributed by atoms with Gasteiger partial charge in [0.25, 0.3) is 0 Å². The third kappa shape index (κ3) is 5.03. The summed E-state index contributed by atoms with van der Waals surface area (Å²) < 4.78 is 22.9. The van der Waals surface area contributed by atoms with Crippen LogP contribution in [0.1, 0.15) is 24.1 Å². The molecule has 1 aromatic carbocycles. The van der Waals surface area contributed by atoms with Gasteiger partial charge in [0.1, 0.15) is 0 Å². The van der Waals surface area contributed by atoms with Gasteiger partial charge in [-0.25, -0.2) is 8.42 Å². The van der Waals surface area contributed by atoms with Gasteiger partial charge in [-0.15, -0.1) is 0 Å². The van der Waals surface area contributed by atoms with Crippen molar-refractivity contribution in [2.24, 2.45) is 0 Å². The minimum Gasteiger partial charge on any atom is -0.346 e. The van der Waals surface area contributed by atoms with Crippen LogP contribution in [0.4, 0.5) is 0 Å². The van der Waals surface area contributed by atoms with Crippen LogP contribution in [0.15, 0.2) is 59.8 Å². The Labute approximate surface area is 136 Å². The van der Waals surface area contributed by atoms with E-state index in [1.807, 2.05) is 13.0 Å². The van der Waals surface area contributed by atoms with Crippen molar-refractivity contribution in [3.63, 3.8) is 0 Å². The van der Waals surface area contributed by atoms with Crippen molar-refractivity contribution in [2.45, 2.75) is 17.9 Å². The molecule has 0 radical (unpaired) electrons. The first-order valence-electron chi connectivity index (χ1n) is 7.05. The number of amides is 1. The molecule has 0 aliphatic rings. The first-order chi connectivity index (χ1) is 10.9. The molecule has 120 valence electrons. The molecule has 1 atom stereocenters. The molecule has 6 heteroatoms. The van der Waals surface area contributed by atoms with Crippen molar-refractivity contribution in [1.82, 2.24) is 10.3 Å². The van der Waals surface area contributed by atoms with E-state index in [1.165, 1.54) is 6.08 Å². The normalized spacial score (nSPS) is 13.0. The third-order valence-corrected chi connectivity index (χ3v) is 4.41. The third-order valence-electron chi connectivity index (χ3n) is 3.28. The molecule has 1 aromatic heterocycles. The highest BCUT2D eigenvalue weighted by molar-refractivity contribution is 7.90. The van der Waals surface area contributed by atoms with Gasteiger partial charge in [0.15, 0.2) is 9.84 Å². The summed E-state index contributed by atoms with van der Waals surface area (Å²) in [5.41, 5.74) is 1.67. The largest absolute Gasteiger partial charge is 0.346 e. The van der Waals surface area contributed by atoms with Crippen LogP contribution >= 0.6 is 0 Å². The maximum atomic E-state index is 11.9. The summed E-state index contributed by atoms with van der Waals surface area (Å²) in [7, 11) is -3.21. The Balaban J connectivity index is 2.00. The Morgan fingerprint density at radius 2 is 1.91 bits per heavy atom. The van der Waals surface area contributed by atoms with E-state index in [2.05, 4.69) is 10.3 Å². The Kier molecular flexibility index (Phi) is 5.28. The minimum atomic E-state index is -3.21. The van der Waals surface area contributed by atoms with E-state index in [0.29, 0.717) is 0 Å². The van der Waals surface area contributed by atoms with Gasteiger partial charge in [-0.2, -0.15) is 0 Å². The number of hydrogen-bond acceptors (Lipinski definition) is 4. The molecule has 0 saturated carbocycles. The van der Waals surface area contributed by atoms with E-state index in [4.69, 9.17) is 0 Å². The summed E-state index contributed by atoms with van der Waals surface area (Å²) in [6.45, 7) is 1.84. The highest BCUT2D eigenvalue weighted by Crippen LogP contribution is 2.16. The first-order valence-corrected chi connectivity index (χ1v) is 8.94. The van der Waals surface area contributed by atoms with E-state index in [-0.39, 0.29) is 16.8 Å². The topological polar surface area (TPSA) is 76.1 Å². The summed E-state index contributed by atoms with van der Waals surface area (Å²) >= 11 is 0. The average molecular weight is 330 g/mol. The zero-order valence-corrected chi connectivity index (χ0v) is 13.7. The van der Waals surface area contributed by atoms with E-state index in [0.717, 1.165) is 17.4 Å². The zero-order valence-electron chi connectivity index (χ0n) is 12.9. The lowest BCUT2D eigenvalue weighted by Crippen LogP contribution is -2.24. The Morgan fingerprint density at radius 1 is 1.22 bits per heavy atom. The van der Waals surface area contributed by atoms with Gasteiger partial charge in [-0.1, -0.05) is 18.2 Å². The second-order valence-corrected chi connectivity index (χ2v) is 7.21. The monoisotopic (exact) mass is 330 g/mol. The number of pyridine rings is 1. The van der Waals surface area contributed by atoms with Crippen LogP contribution in [0.5, 0.6) is 0 Å². The summed E-state index contributed by atoms with van der Waals surface area (Å²) in [6.07, 6.45) is 7.62. The zero-order chi connectivity index (χ0) is 16.9. The van der Waals surface area contributed by atoms with Crippen molar-refractivity contribution >= 4 is 21.8 Å². The second kappa shape index (κ2) is 7.19. The fraction of sp³-hybridized carbons (Fsp3) is 0.176. The summed E-state index contributed by atoms with van der Waals surface area (Å²) in [5.74, 6) is -0.228. The van der Waals surface area contributed by atoms with E-state index in [9.17, 15) is 13.2 Å². The smallest absolute Gasteiger partial charge is 0.244 e. The standard InChI is InChI=1S/C17H18N2O3S/c1-13(15-6-8-16(9-7-15)23(2,21)22)19-17(20)10-5-14-4-3-11-18-12-14/h3-13H,1-2H3,(H,19,20)/b10-5+. The van der Waals surface area contributed by atoms with Crippen molar-refractivity contribution in [3.8, 4) is 0 Å². The Morgan fingerprint density at radius 3 is 2.48 bits per heavy atom. The van der Waals surface area contributed by atoms with Crippen LogP contribution in [-0.4, -0.2) is 25.6 Å². The fourth-order valence-corrected chi connectivity index (χ4v) is 2.63. The van der Waals surface area contributed by atoms with Crippen molar-refractivity contribution in [2.75, 3.05) is 6.26 Å². The number of rotatable bonds is 5. The van der Waals surface area contributed by atoms with E-state index < -0.39 is 9.84 Å². The number of carbonyl (C=O) groups is 1. The lowest BCUT2D eigenvalue weighted by Gasteiger charge is -2.13. The lowest BCUT2D eigenvalue weighted by atomic mass is 10.1. The molecule has 23 heavy (non-hydrogen) atoms. The van der Waals surface area contributed by atoms with Gasteiger partial charge in [-0.3, -0.25) is 9.78 Å². The van der Waals surface area contributed by atoms with Gasteiger partial charge in [0.05, 0.1) is 10.9 Å². The fourth-order valence-electron chi connectivity index (χ4n) is 1.99. The number of sulfone groups is 1. The van der Waals surface area contributed by atoms with Gasteiger partial charge in [-0.05, 0) is 42.3 Å². The van der Waals surface area contributed by atoms with Gasteiger partial charge in [0.2, 0.25) is 5.91 Å². The predicted molar refractivity (Wildman–Crippen MR) is 89.4 cm³/mol. The highest BCUT2D eigenvalue weighted by atomic mass is 32.2. The molecule has 0 aliphatic carbocycles. The van der Waals surface area contributed by atoms with Gasteiger partial charge < -0.3 is 5.32 Å². The number of benzene rings is 1. The number of aromatic nitrogens is 1. The Hall–Kier alpha value is -2.47. The number of nitrogens with one attached hydrogen (secondary N) is 1. The van der Waals surface area contributed by atoms with Crippen molar-refractivity contribution in [3.05, 3.63) is 66.0 Å². The van der Waals surface area contributed by atoms with Crippen LogP contribution in [0.2, 0.25) is 0 Å². The molecular formula is C17H18N2O3S. The predicted octanol–water partition coefficient (Wildman–Crippen LogP) is 2.38. The molecule has 0 bridgehead atoms. The molecule has 0 spiro atoms. The van der Waals surface area contributed by atoms with Crippen LogP contribution in [-0.2, 0) is 14.6 Å². The quantitative estimate of drug-likeness (QED) is 0.854. The molecular weight excluding hydrogens is 312 g/mol. The molecule has 1 N–H and O–H groups in total. The number of nitrogens with zero attached hydrogens (tertiary/aromatic N) is 1. The summed E-state index contributed by atoms with van der Waals surface area (Å²) in [4.78, 5) is 16.1. The van der Waals surface area contributed by atoms with Crippen LogP contribution in [0.25, 0.3) is 6.08 Å². The highest BCUT2D eigenvalue weighted by Gasteiger charge is 2.10. The van der Waals surface area contributed by atoms with Crippen LogP contribution < -0.4 is 5.32 Å². The molecule has 0 saturated heterocycles. The molecule has 1 amide bonds. The first kappa shape index (κ1) is 16.9. The van der Waals surface area contributed by atoms with Gasteiger partial charge >= 0.3 is 0 Å². The molecule has 1 heterocycles. The maximum Gasteiger partial charge on any atom is 0.244 e.